The molecule has 1 aliphatic heterocycles. The van der Waals surface area contributed by atoms with E-state index in [4.69, 9.17) is 15.0 Å². The summed E-state index contributed by atoms with van der Waals surface area (Å²) in [4.78, 5) is 28.6. The Bertz CT molecular complexity index is 202. The van der Waals surface area contributed by atoms with Gasteiger partial charge in [-0.1, -0.05) is 6.08 Å². The van der Waals surface area contributed by atoms with Crippen molar-refractivity contribution < 1.29 is 29.3 Å². The van der Waals surface area contributed by atoms with Crippen LogP contribution in [-0.4, -0.2) is 28.3 Å². The molecule has 0 radical (unpaired) electrons. The molecule has 1 heterocycles. The molecule has 0 spiro atoms. The van der Waals surface area contributed by atoms with Crippen molar-refractivity contribution in [3.8, 4) is 0 Å². The molecule has 0 aromatic heterocycles. The highest BCUT2D eigenvalue weighted by Crippen LogP contribution is 2.03. The van der Waals surface area contributed by atoms with Gasteiger partial charge in [-0.05, 0) is 6.92 Å². The van der Waals surface area contributed by atoms with Crippen molar-refractivity contribution in [1.82, 2.24) is 0 Å². The maximum Gasteiger partial charge on any atom is 0.503 e. The van der Waals surface area contributed by atoms with Gasteiger partial charge in [-0.3, -0.25) is 9.59 Å². The summed E-state index contributed by atoms with van der Waals surface area (Å²) in [6, 6.07) is 0. The van der Waals surface area contributed by atoms with Crippen LogP contribution in [0.1, 0.15) is 19.8 Å². The summed E-state index contributed by atoms with van der Waals surface area (Å²) in [7, 11) is 0. The van der Waals surface area contributed by atoms with Gasteiger partial charge in [0.05, 0.1) is 12.8 Å². The van der Waals surface area contributed by atoms with E-state index in [9.17, 15) is 9.59 Å². The molecule has 0 atom stereocenters. The largest absolute Gasteiger partial charge is 0.503 e. The summed E-state index contributed by atoms with van der Waals surface area (Å²) in [6.07, 6.45) is 0.442. The smallest absolute Gasteiger partial charge is 0.450 e. The third-order valence-corrected chi connectivity index (χ3v) is 0.761. The van der Waals surface area contributed by atoms with Crippen molar-refractivity contribution >= 4 is 18.1 Å². The normalized spacial score (nSPS) is 12.6. The minimum absolute atomic E-state index is 0.263. The average molecular weight is 204 g/mol. The Labute approximate surface area is 80.8 Å². The van der Waals surface area contributed by atoms with Crippen molar-refractivity contribution in [3.05, 3.63) is 12.7 Å². The third kappa shape index (κ3) is 16.6. The van der Waals surface area contributed by atoms with Crippen LogP contribution in [0.3, 0.4) is 0 Å². The Morgan fingerprint density at radius 3 is 1.64 bits per heavy atom. The molecule has 80 valence electrons. The first kappa shape index (κ1) is 14.7. The number of ether oxygens (including phenoxy) is 1. The first-order valence-corrected chi connectivity index (χ1v) is 3.66. The fourth-order valence-electron chi connectivity index (χ4n) is 0.433. The number of allylic oxidation sites excluding steroid dienone is 1. The lowest BCUT2D eigenvalue weighted by Gasteiger charge is -1.79. The molecule has 0 unspecified atom stereocenters. The highest BCUT2D eigenvalue weighted by atomic mass is 16.6. The molecule has 0 saturated carbocycles. The van der Waals surface area contributed by atoms with Crippen LogP contribution in [0.4, 0.5) is 4.79 Å². The quantitative estimate of drug-likeness (QED) is 0.350. The number of carboxylic acid groups (broad SMARTS) is 2. The van der Waals surface area contributed by atoms with Gasteiger partial charge < -0.3 is 14.9 Å². The number of hydrogen-bond acceptors (Lipinski definition) is 4. The molecule has 0 bridgehead atoms. The summed E-state index contributed by atoms with van der Waals surface area (Å²) >= 11 is 0. The van der Waals surface area contributed by atoms with Crippen LogP contribution >= 0.6 is 0 Å². The van der Waals surface area contributed by atoms with E-state index >= 15 is 0 Å². The second-order valence-electron chi connectivity index (χ2n) is 2.04. The Balaban J connectivity index is 0. The number of hydrogen-bond donors (Lipinski definition) is 2. The monoisotopic (exact) mass is 204 g/mol. The Morgan fingerprint density at radius 1 is 1.36 bits per heavy atom. The highest BCUT2D eigenvalue weighted by molar-refractivity contribution is 5.92. The molecule has 2 N–H and O–H groups in total. The summed E-state index contributed by atoms with van der Waals surface area (Å²) in [5.74, 6) is -0.796. The SMILES string of the molecule is C=CC.O=C(O)O.O=C1CCC(=O)O1. The molecule has 0 aromatic rings. The van der Waals surface area contributed by atoms with Gasteiger partial charge in [0.25, 0.3) is 0 Å². The number of esters is 2. The third-order valence-electron chi connectivity index (χ3n) is 0.761. The molecule has 14 heavy (non-hydrogen) atoms. The van der Waals surface area contributed by atoms with Crippen LogP contribution in [0.15, 0.2) is 12.7 Å². The van der Waals surface area contributed by atoms with Gasteiger partial charge in [0, 0.05) is 0 Å². The van der Waals surface area contributed by atoms with E-state index in [1.165, 1.54) is 0 Å². The molecular formula is C8H12O6. The van der Waals surface area contributed by atoms with E-state index in [0.717, 1.165) is 0 Å². The van der Waals surface area contributed by atoms with Crippen LogP contribution in [0.2, 0.25) is 0 Å². The zero-order valence-corrected chi connectivity index (χ0v) is 7.73. The van der Waals surface area contributed by atoms with Gasteiger partial charge in [0.15, 0.2) is 0 Å². The summed E-state index contributed by atoms with van der Waals surface area (Å²) < 4.78 is 4.08. The first-order valence-electron chi connectivity index (χ1n) is 3.66. The van der Waals surface area contributed by atoms with E-state index < -0.39 is 18.1 Å². The molecule has 0 aromatic carbocycles. The summed E-state index contributed by atoms with van der Waals surface area (Å²) in [5, 5.41) is 13.9. The van der Waals surface area contributed by atoms with E-state index in [-0.39, 0.29) is 12.8 Å². The topological polar surface area (TPSA) is 101 Å². The minimum atomic E-state index is -1.83. The summed E-state index contributed by atoms with van der Waals surface area (Å²) in [5.41, 5.74) is 0. The molecule has 1 rings (SSSR count). The Kier molecular flexibility index (Phi) is 9.68. The van der Waals surface area contributed by atoms with Crippen LogP contribution in [0.25, 0.3) is 0 Å². The number of cyclic esters (lactones) is 2. The van der Waals surface area contributed by atoms with Crippen molar-refractivity contribution in [3.63, 3.8) is 0 Å². The lowest BCUT2D eigenvalue weighted by atomic mass is 10.4. The Morgan fingerprint density at radius 2 is 1.57 bits per heavy atom. The maximum atomic E-state index is 10.0. The standard InChI is InChI=1S/C4H4O3.C3H6.CH2O3/c5-3-1-2-4(6)7-3;1-3-2;2-1(3)4/h1-2H2;3H,1H2,2H3;(H2,2,3,4). The molecule has 6 heteroatoms. The fraction of sp³-hybridized carbons (Fsp3) is 0.375. The molecule has 1 saturated heterocycles. The van der Waals surface area contributed by atoms with E-state index in [0.29, 0.717) is 0 Å². The maximum absolute atomic E-state index is 10.0. The summed E-state index contributed by atoms with van der Waals surface area (Å²) in [6.45, 7) is 5.25. The van der Waals surface area contributed by atoms with E-state index in [1.807, 2.05) is 6.92 Å². The molecule has 0 amide bonds. The zero-order valence-electron chi connectivity index (χ0n) is 7.73. The lowest BCUT2D eigenvalue weighted by Crippen LogP contribution is -1.94. The number of rotatable bonds is 0. The zero-order chi connectivity index (χ0) is 11.6. The van der Waals surface area contributed by atoms with Gasteiger partial charge in [0.1, 0.15) is 0 Å². The molecular weight excluding hydrogens is 192 g/mol. The van der Waals surface area contributed by atoms with E-state index in [2.05, 4.69) is 11.3 Å². The Hall–Kier alpha value is -1.85. The van der Waals surface area contributed by atoms with Crippen LogP contribution in [0, 0.1) is 0 Å². The second-order valence-corrected chi connectivity index (χ2v) is 2.04. The van der Waals surface area contributed by atoms with Gasteiger partial charge in [0.2, 0.25) is 0 Å². The molecule has 1 aliphatic rings. The predicted octanol–water partition coefficient (Wildman–Crippen LogP) is 1.26. The number of carbonyl (C=O) groups is 3. The van der Waals surface area contributed by atoms with Crippen LogP contribution in [0.5, 0.6) is 0 Å². The van der Waals surface area contributed by atoms with Crippen molar-refractivity contribution in [2.24, 2.45) is 0 Å². The van der Waals surface area contributed by atoms with Crippen molar-refractivity contribution in [1.29, 1.82) is 0 Å². The fourth-order valence-corrected chi connectivity index (χ4v) is 0.433. The van der Waals surface area contributed by atoms with Crippen LogP contribution < -0.4 is 0 Å². The molecule has 6 nitrogen and oxygen atoms in total. The lowest BCUT2D eigenvalue weighted by molar-refractivity contribution is -0.151. The highest BCUT2D eigenvalue weighted by Gasteiger charge is 2.19. The van der Waals surface area contributed by atoms with Gasteiger partial charge in [-0.25, -0.2) is 4.79 Å². The molecule has 1 fully saturated rings. The van der Waals surface area contributed by atoms with Gasteiger partial charge in [-0.2, -0.15) is 0 Å². The average Bonchev–Trinajstić information content (AvgIpc) is 2.34. The minimum Gasteiger partial charge on any atom is -0.450 e. The van der Waals surface area contributed by atoms with Crippen molar-refractivity contribution in [2.45, 2.75) is 19.8 Å². The molecule has 0 aliphatic carbocycles. The van der Waals surface area contributed by atoms with Gasteiger partial charge in [-0.15, -0.1) is 6.58 Å². The van der Waals surface area contributed by atoms with Gasteiger partial charge >= 0.3 is 18.1 Å². The first-order chi connectivity index (χ1) is 6.43. The number of carbonyl (C=O) groups excluding carboxylic acids is 2. The van der Waals surface area contributed by atoms with E-state index in [1.54, 1.807) is 6.08 Å². The van der Waals surface area contributed by atoms with Crippen LogP contribution in [-0.2, 0) is 14.3 Å². The van der Waals surface area contributed by atoms with Crippen molar-refractivity contribution in [2.75, 3.05) is 0 Å². The second kappa shape index (κ2) is 9.24. The predicted molar refractivity (Wildman–Crippen MR) is 46.9 cm³/mol.